The Bertz CT molecular complexity index is 386. The predicted molar refractivity (Wildman–Crippen MR) is 74.2 cm³/mol. The summed E-state index contributed by atoms with van der Waals surface area (Å²) in [4.78, 5) is 1.40. The third-order valence-electron chi connectivity index (χ3n) is 3.33. The van der Waals surface area contributed by atoms with Crippen LogP contribution in [0.25, 0.3) is 0 Å². The third-order valence-corrected chi connectivity index (χ3v) is 4.72. The van der Waals surface area contributed by atoms with Crippen molar-refractivity contribution >= 4 is 11.8 Å². The average molecular weight is 251 g/mol. The van der Waals surface area contributed by atoms with E-state index in [9.17, 15) is 0 Å². The lowest BCUT2D eigenvalue weighted by Crippen LogP contribution is -2.10. The fourth-order valence-corrected chi connectivity index (χ4v) is 3.45. The molecule has 1 atom stereocenters. The lowest BCUT2D eigenvalue weighted by atomic mass is 10.1. The third kappa shape index (κ3) is 3.17. The first-order valence-electron chi connectivity index (χ1n) is 6.19. The molecule has 1 fully saturated rings. The summed E-state index contributed by atoms with van der Waals surface area (Å²) in [5.74, 6) is 3.05. The summed E-state index contributed by atoms with van der Waals surface area (Å²) in [7, 11) is 1.73. The van der Waals surface area contributed by atoms with Crippen LogP contribution < -0.4 is 10.1 Å². The molecule has 94 valence electrons. The molecule has 1 aliphatic rings. The van der Waals surface area contributed by atoms with E-state index in [2.05, 4.69) is 31.3 Å². The molecule has 0 amide bonds. The minimum Gasteiger partial charge on any atom is -0.496 e. The Morgan fingerprint density at radius 3 is 2.82 bits per heavy atom. The van der Waals surface area contributed by atoms with Crippen LogP contribution in [0, 0.1) is 19.8 Å². The molecule has 0 bridgehead atoms. The minimum absolute atomic E-state index is 0.835. The van der Waals surface area contributed by atoms with Crippen molar-refractivity contribution in [3.8, 4) is 5.75 Å². The predicted octanol–water partition coefficient (Wildman–Crippen LogP) is 3.01. The molecule has 0 radical (unpaired) electrons. The highest BCUT2D eigenvalue weighted by molar-refractivity contribution is 7.99. The maximum Gasteiger partial charge on any atom is 0.122 e. The first-order valence-corrected chi connectivity index (χ1v) is 7.18. The van der Waals surface area contributed by atoms with Gasteiger partial charge in [0.2, 0.25) is 0 Å². The lowest BCUT2D eigenvalue weighted by molar-refractivity contribution is 0.411. The molecule has 2 nitrogen and oxygen atoms in total. The fourth-order valence-electron chi connectivity index (χ4n) is 2.20. The van der Waals surface area contributed by atoms with Gasteiger partial charge in [0.1, 0.15) is 5.75 Å². The van der Waals surface area contributed by atoms with Gasteiger partial charge in [-0.25, -0.2) is 0 Å². The Hall–Kier alpha value is -0.670. The average Bonchev–Trinajstić information content (AvgIpc) is 2.82. The monoisotopic (exact) mass is 251 g/mol. The Morgan fingerprint density at radius 2 is 2.18 bits per heavy atom. The van der Waals surface area contributed by atoms with Crippen molar-refractivity contribution in [2.24, 2.45) is 5.92 Å². The van der Waals surface area contributed by atoms with E-state index in [1.165, 1.54) is 41.3 Å². The summed E-state index contributed by atoms with van der Waals surface area (Å²) in [5, 5.41) is 3.42. The van der Waals surface area contributed by atoms with E-state index in [0.29, 0.717) is 0 Å². The minimum atomic E-state index is 0.835. The molecule has 0 spiro atoms. The molecule has 1 saturated heterocycles. The van der Waals surface area contributed by atoms with Crippen molar-refractivity contribution in [2.45, 2.75) is 25.2 Å². The van der Waals surface area contributed by atoms with Gasteiger partial charge in [-0.05, 0) is 62.5 Å². The van der Waals surface area contributed by atoms with E-state index in [1.54, 1.807) is 7.11 Å². The van der Waals surface area contributed by atoms with Gasteiger partial charge in [0.25, 0.3) is 0 Å². The summed E-state index contributed by atoms with van der Waals surface area (Å²) >= 11 is 1.98. The number of rotatable bonds is 4. The molecule has 1 heterocycles. The van der Waals surface area contributed by atoms with Crippen molar-refractivity contribution in [3.63, 3.8) is 0 Å². The lowest BCUT2D eigenvalue weighted by Gasteiger charge is -2.13. The van der Waals surface area contributed by atoms with E-state index in [1.807, 2.05) is 11.8 Å². The molecule has 0 aliphatic carbocycles. The van der Waals surface area contributed by atoms with Crippen molar-refractivity contribution in [1.82, 2.24) is 5.32 Å². The van der Waals surface area contributed by atoms with Crippen LogP contribution in [0.5, 0.6) is 5.75 Å². The van der Waals surface area contributed by atoms with Crippen molar-refractivity contribution in [3.05, 3.63) is 23.3 Å². The summed E-state index contributed by atoms with van der Waals surface area (Å²) in [6.45, 7) is 6.64. The number of hydrogen-bond acceptors (Lipinski definition) is 3. The second-order valence-corrected chi connectivity index (χ2v) is 5.82. The van der Waals surface area contributed by atoms with Crippen LogP contribution in [0.1, 0.15) is 17.5 Å². The largest absolute Gasteiger partial charge is 0.496 e. The number of benzene rings is 1. The maximum absolute atomic E-state index is 5.34. The van der Waals surface area contributed by atoms with Gasteiger partial charge < -0.3 is 10.1 Å². The molecular formula is C14H21NOS. The summed E-state index contributed by atoms with van der Waals surface area (Å²) < 4.78 is 5.34. The first kappa shape index (κ1) is 12.8. The zero-order valence-corrected chi connectivity index (χ0v) is 11.7. The summed E-state index contributed by atoms with van der Waals surface area (Å²) in [5.41, 5.74) is 2.55. The van der Waals surface area contributed by atoms with Crippen molar-refractivity contribution < 1.29 is 4.74 Å². The number of nitrogens with one attached hydrogen (secondary N) is 1. The molecule has 3 heteroatoms. The van der Waals surface area contributed by atoms with Crippen LogP contribution in [0.3, 0.4) is 0 Å². The highest BCUT2D eigenvalue weighted by Crippen LogP contribution is 2.31. The van der Waals surface area contributed by atoms with Gasteiger partial charge in [-0.1, -0.05) is 0 Å². The van der Waals surface area contributed by atoms with Gasteiger partial charge in [0, 0.05) is 10.6 Å². The van der Waals surface area contributed by atoms with Gasteiger partial charge >= 0.3 is 0 Å². The van der Waals surface area contributed by atoms with Gasteiger partial charge in [-0.3, -0.25) is 0 Å². The fraction of sp³-hybridized carbons (Fsp3) is 0.571. The van der Waals surface area contributed by atoms with Crippen LogP contribution in [0.2, 0.25) is 0 Å². The molecule has 17 heavy (non-hydrogen) atoms. The Labute approximate surface area is 108 Å². The number of methoxy groups -OCH3 is 1. The quantitative estimate of drug-likeness (QED) is 0.831. The highest BCUT2D eigenvalue weighted by Gasteiger charge is 2.15. The molecule has 1 aromatic rings. The smallest absolute Gasteiger partial charge is 0.122 e. The molecule has 1 aliphatic heterocycles. The van der Waals surface area contributed by atoms with Crippen LogP contribution in [-0.2, 0) is 0 Å². The topological polar surface area (TPSA) is 21.3 Å². The highest BCUT2D eigenvalue weighted by atomic mass is 32.2. The SMILES string of the molecule is COc1cc(C)c(SCC2CCNC2)cc1C. The Kier molecular flexibility index (Phi) is 4.35. The van der Waals surface area contributed by atoms with Crippen LogP contribution in [-0.4, -0.2) is 26.0 Å². The maximum atomic E-state index is 5.34. The summed E-state index contributed by atoms with van der Waals surface area (Å²) in [6, 6.07) is 4.39. The Balaban J connectivity index is 2.02. The number of hydrogen-bond donors (Lipinski definition) is 1. The second-order valence-electron chi connectivity index (χ2n) is 4.76. The van der Waals surface area contributed by atoms with E-state index >= 15 is 0 Å². The zero-order chi connectivity index (χ0) is 12.3. The molecule has 1 N–H and O–H groups in total. The van der Waals surface area contributed by atoms with Gasteiger partial charge in [-0.2, -0.15) is 0 Å². The van der Waals surface area contributed by atoms with Crippen molar-refractivity contribution in [2.75, 3.05) is 26.0 Å². The van der Waals surface area contributed by atoms with Gasteiger partial charge in [0.15, 0.2) is 0 Å². The molecule has 0 saturated carbocycles. The molecule has 1 aromatic carbocycles. The number of aryl methyl sites for hydroxylation is 2. The normalized spacial score (nSPS) is 19.6. The van der Waals surface area contributed by atoms with Crippen molar-refractivity contribution in [1.29, 1.82) is 0 Å². The van der Waals surface area contributed by atoms with E-state index in [-0.39, 0.29) is 0 Å². The second kappa shape index (κ2) is 5.78. The first-order chi connectivity index (χ1) is 8.20. The molecular weight excluding hydrogens is 230 g/mol. The Morgan fingerprint density at radius 1 is 1.35 bits per heavy atom. The molecule has 0 aromatic heterocycles. The van der Waals surface area contributed by atoms with E-state index in [0.717, 1.165) is 11.7 Å². The standard InChI is InChI=1S/C14H21NOS/c1-10-7-14(11(2)6-13(10)16-3)17-9-12-4-5-15-8-12/h6-7,12,15H,4-5,8-9H2,1-3H3. The number of ether oxygens (including phenoxy) is 1. The van der Waals surface area contributed by atoms with Crippen LogP contribution in [0.15, 0.2) is 17.0 Å². The number of thioether (sulfide) groups is 1. The van der Waals surface area contributed by atoms with Crippen LogP contribution >= 0.6 is 11.8 Å². The van der Waals surface area contributed by atoms with Crippen LogP contribution in [0.4, 0.5) is 0 Å². The molecule has 2 rings (SSSR count). The molecule has 1 unspecified atom stereocenters. The summed E-state index contributed by atoms with van der Waals surface area (Å²) in [6.07, 6.45) is 1.32. The van der Waals surface area contributed by atoms with Gasteiger partial charge in [0.05, 0.1) is 7.11 Å². The zero-order valence-electron chi connectivity index (χ0n) is 10.9. The van der Waals surface area contributed by atoms with Gasteiger partial charge in [-0.15, -0.1) is 11.8 Å². The van der Waals surface area contributed by atoms with E-state index < -0.39 is 0 Å². The van der Waals surface area contributed by atoms with E-state index in [4.69, 9.17) is 4.74 Å².